The van der Waals surface area contributed by atoms with Crippen molar-refractivity contribution >= 4 is 9.84 Å². The molecular formula is C17H19NO2S. The summed E-state index contributed by atoms with van der Waals surface area (Å²) in [6.07, 6.45) is 1.33. The molecule has 0 aromatic heterocycles. The predicted octanol–water partition coefficient (Wildman–Crippen LogP) is 2.79. The highest BCUT2D eigenvalue weighted by atomic mass is 32.2. The van der Waals surface area contributed by atoms with Gasteiger partial charge in [-0.1, -0.05) is 54.6 Å². The quantitative estimate of drug-likeness (QED) is 0.875. The van der Waals surface area contributed by atoms with E-state index in [2.05, 4.69) is 17.0 Å². The average Bonchev–Trinajstić information content (AvgIpc) is 2.46. The van der Waals surface area contributed by atoms with E-state index in [0.717, 1.165) is 24.2 Å². The summed E-state index contributed by atoms with van der Waals surface area (Å²) in [5.74, 6) is 0. The van der Waals surface area contributed by atoms with Crippen LogP contribution in [0.4, 0.5) is 0 Å². The van der Waals surface area contributed by atoms with Crippen molar-refractivity contribution in [1.82, 2.24) is 4.90 Å². The van der Waals surface area contributed by atoms with Crippen molar-refractivity contribution in [3.63, 3.8) is 0 Å². The molecule has 3 nitrogen and oxygen atoms in total. The third-order valence-electron chi connectivity index (χ3n) is 3.99. The van der Waals surface area contributed by atoms with Crippen LogP contribution in [0.3, 0.4) is 0 Å². The number of rotatable bonds is 3. The number of sulfone groups is 1. The zero-order valence-electron chi connectivity index (χ0n) is 12.1. The minimum absolute atomic E-state index is 0.425. The second-order valence-electron chi connectivity index (χ2n) is 5.67. The molecule has 3 rings (SSSR count). The maximum absolute atomic E-state index is 12.1. The summed E-state index contributed by atoms with van der Waals surface area (Å²) >= 11 is 0. The summed E-state index contributed by atoms with van der Waals surface area (Å²) in [7, 11) is -3.11. The molecule has 0 radical (unpaired) electrons. The summed E-state index contributed by atoms with van der Waals surface area (Å²) in [5, 5.41) is -0.425. The van der Waals surface area contributed by atoms with Crippen LogP contribution in [-0.2, 0) is 22.9 Å². The Morgan fingerprint density at radius 2 is 1.71 bits per heavy atom. The topological polar surface area (TPSA) is 37.4 Å². The zero-order valence-corrected chi connectivity index (χ0v) is 12.9. The van der Waals surface area contributed by atoms with Crippen molar-refractivity contribution in [2.75, 3.05) is 12.8 Å². The number of benzene rings is 2. The van der Waals surface area contributed by atoms with Gasteiger partial charge < -0.3 is 0 Å². The molecule has 21 heavy (non-hydrogen) atoms. The first kappa shape index (κ1) is 14.3. The van der Waals surface area contributed by atoms with E-state index in [-0.39, 0.29) is 0 Å². The molecule has 2 aromatic carbocycles. The van der Waals surface area contributed by atoms with Gasteiger partial charge in [-0.15, -0.1) is 0 Å². The van der Waals surface area contributed by atoms with Gasteiger partial charge >= 0.3 is 0 Å². The minimum Gasteiger partial charge on any atom is -0.293 e. The fourth-order valence-electron chi connectivity index (χ4n) is 2.96. The van der Waals surface area contributed by atoms with Crippen LogP contribution in [0.2, 0.25) is 0 Å². The predicted molar refractivity (Wildman–Crippen MR) is 84.6 cm³/mol. The summed E-state index contributed by atoms with van der Waals surface area (Å²) in [5.41, 5.74) is 3.29. The van der Waals surface area contributed by atoms with Gasteiger partial charge in [-0.05, 0) is 16.7 Å². The van der Waals surface area contributed by atoms with E-state index in [1.165, 1.54) is 11.8 Å². The number of hydrogen-bond donors (Lipinski definition) is 0. The fraction of sp³-hybridized carbons (Fsp3) is 0.294. The lowest BCUT2D eigenvalue weighted by Crippen LogP contribution is -2.36. The molecular weight excluding hydrogens is 282 g/mol. The van der Waals surface area contributed by atoms with E-state index >= 15 is 0 Å². The Kier molecular flexibility index (Phi) is 3.83. The van der Waals surface area contributed by atoms with E-state index in [1.807, 2.05) is 42.5 Å². The molecule has 1 atom stereocenters. The summed E-state index contributed by atoms with van der Waals surface area (Å²) in [6, 6.07) is 18.1. The van der Waals surface area contributed by atoms with Crippen LogP contribution in [0, 0.1) is 0 Å². The lowest BCUT2D eigenvalue weighted by atomic mass is 9.99. The van der Waals surface area contributed by atoms with Gasteiger partial charge in [-0.3, -0.25) is 4.90 Å². The maximum Gasteiger partial charge on any atom is 0.155 e. The normalized spacial score (nSPS) is 19.2. The Labute approximate surface area is 126 Å². The Balaban J connectivity index is 1.91. The van der Waals surface area contributed by atoms with Crippen LogP contribution < -0.4 is 0 Å². The third kappa shape index (κ3) is 3.17. The SMILES string of the molecule is CS(=O)(=O)C1CN(Cc2ccccc2)Cc2ccccc21. The van der Waals surface area contributed by atoms with E-state index in [1.54, 1.807) is 0 Å². The highest BCUT2D eigenvalue weighted by molar-refractivity contribution is 7.91. The van der Waals surface area contributed by atoms with Crippen molar-refractivity contribution in [3.05, 3.63) is 71.3 Å². The molecule has 1 unspecified atom stereocenters. The van der Waals surface area contributed by atoms with E-state index < -0.39 is 15.1 Å². The summed E-state index contributed by atoms with van der Waals surface area (Å²) in [4.78, 5) is 2.21. The van der Waals surface area contributed by atoms with Gasteiger partial charge in [-0.25, -0.2) is 8.42 Å². The molecule has 0 fully saturated rings. The van der Waals surface area contributed by atoms with E-state index in [4.69, 9.17) is 0 Å². The molecule has 1 aliphatic rings. The van der Waals surface area contributed by atoms with Gasteiger partial charge in [0.25, 0.3) is 0 Å². The van der Waals surface area contributed by atoms with Crippen LogP contribution in [0.25, 0.3) is 0 Å². The van der Waals surface area contributed by atoms with Gasteiger partial charge in [-0.2, -0.15) is 0 Å². The summed E-state index contributed by atoms with van der Waals surface area (Å²) < 4.78 is 24.2. The molecule has 0 saturated heterocycles. The number of hydrogen-bond acceptors (Lipinski definition) is 3. The first-order chi connectivity index (χ1) is 10.0. The highest BCUT2D eigenvalue weighted by Crippen LogP contribution is 2.32. The Bertz CT molecular complexity index is 725. The monoisotopic (exact) mass is 301 g/mol. The van der Waals surface area contributed by atoms with Crippen molar-refractivity contribution in [1.29, 1.82) is 0 Å². The Hall–Kier alpha value is -1.65. The molecule has 0 N–H and O–H groups in total. The smallest absolute Gasteiger partial charge is 0.155 e. The molecule has 0 saturated carbocycles. The zero-order chi connectivity index (χ0) is 14.9. The molecule has 0 amide bonds. The minimum atomic E-state index is -3.11. The second kappa shape index (κ2) is 5.62. The van der Waals surface area contributed by atoms with Crippen LogP contribution in [0.1, 0.15) is 21.9 Å². The number of fused-ring (bicyclic) bond motifs is 1. The molecule has 0 bridgehead atoms. The van der Waals surface area contributed by atoms with Crippen LogP contribution in [-0.4, -0.2) is 26.1 Å². The maximum atomic E-state index is 12.1. The van der Waals surface area contributed by atoms with Gasteiger partial charge in [0.05, 0.1) is 5.25 Å². The van der Waals surface area contributed by atoms with Crippen LogP contribution in [0.15, 0.2) is 54.6 Å². The number of nitrogens with zero attached hydrogens (tertiary/aromatic N) is 1. The van der Waals surface area contributed by atoms with Crippen molar-refractivity contribution in [3.8, 4) is 0 Å². The van der Waals surface area contributed by atoms with Gasteiger partial charge in [0, 0.05) is 25.9 Å². The molecule has 1 aliphatic heterocycles. The van der Waals surface area contributed by atoms with Crippen molar-refractivity contribution in [2.45, 2.75) is 18.3 Å². The molecule has 2 aromatic rings. The third-order valence-corrected chi connectivity index (χ3v) is 5.42. The molecule has 110 valence electrons. The van der Waals surface area contributed by atoms with Crippen molar-refractivity contribution in [2.24, 2.45) is 0 Å². The first-order valence-corrected chi connectivity index (χ1v) is 9.02. The standard InChI is InChI=1S/C17H19NO2S/c1-21(19,20)17-13-18(11-14-7-3-2-4-8-14)12-15-9-5-6-10-16(15)17/h2-10,17H,11-13H2,1H3. The largest absolute Gasteiger partial charge is 0.293 e. The van der Waals surface area contributed by atoms with Crippen LogP contribution in [0.5, 0.6) is 0 Å². The summed E-state index contributed by atoms with van der Waals surface area (Å²) in [6.45, 7) is 2.14. The van der Waals surface area contributed by atoms with Gasteiger partial charge in [0.15, 0.2) is 9.84 Å². The lowest BCUT2D eigenvalue weighted by molar-refractivity contribution is 0.240. The molecule has 4 heteroatoms. The molecule has 1 heterocycles. The highest BCUT2D eigenvalue weighted by Gasteiger charge is 2.31. The van der Waals surface area contributed by atoms with E-state index in [9.17, 15) is 8.42 Å². The average molecular weight is 301 g/mol. The van der Waals surface area contributed by atoms with Crippen molar-refractivity contribution < 1.29 is 8.42 Å². The second-order valence-corrected chi connectivity index (χ2v) is 7.90. The van der Waals surface area contributed by atoms with Crippen LogP contribution >= 0.6 is 0 Å². The Morgan fingerprint density at radius 1 is 1.05 bits per heavy atom. The Morgan fingerprint density at radius 3 is 2.43 bits per heavy atom. The molecule has 0 spiro atoms. The lowest BCUT2D eigenvalue weighted by Gasteiger charge is -2.33. The fourth-order valence-corrected chi connectivity index (χ4v) is 4.13. The van der Waals surface area contributed by atoms with E-state index in [0.29, 0.717) is 6.54 Å². The van der Waals surface area contributed by atoms with Gasteiger partial charge in [0.1, 0.15) is 0 Å². The first-order valence-electron chi connectivity index (χ1n) is 7.07. The van der Waals surface area contributed by atoms with Gasteiger partial charge in [0.2, 0.25) is 0 Å². The molecule has 0 aliphatic carbocycles.